The molecule has 0 atom stereocenters. The minimum Gasteiger partial charge on any atom is -0.493 e. The Bertz CT molecular complexity index is 655. The molecule has 5 heteroatoms. The average Bonchev–Trinajstić information content (AvgIpc) is 2.54. The topological polar surface area (TPSA) is 44.8 Å². The summed E-state index contributed by atoms with van der Waals surface area (Å²) in [5.41, 5.74) is 1.44. The molecule has 0 aliphatic heterocycles. The molecule has 0 N–H and O–H groups in total. The van der Waals surface area contributed by atoms with Crippen LogP contribution in [-0.2, 0) is 11.3 Å². The molecule has 2 rings (SSSR count). The first-order valence-corrected chi connectivity index (χ1v) is 7.66. The van der Waals surface area contributed by atoms with Gasteiger partial charge < -0.3 is 14.2 Å². The van der Waals surface area contributed by atoms with Crippen molar-refractivity contribution in [2.45, 2.75) is 13.5 Å². The van der Waals surface area contributed by atoms with Crippen LogP contribution in [0.25, 0.3) is 0 Å². The molecule has 2 aromatic carbocycles. The third-order valence-corrected chi connectivity index (χ3v) is 3.75. The van der Waals surface area contributed by atoms with Crippen molar-refractivity contribution < 1.29 is 19.0 Å². The molecule has 0 fully saturated rings. The van der Waals surface area contributed by atoms with Crippen molar-refractivity contribution in [2.24, 2.45) is 0 Å². The van der Waals surface area contributed by atoms with Crippen LogP contribution in [0.5, 0.6) is 11.5 Å². The second kappa shape index (κ2) is 7.84. The van der Waals surface area contributed by atoms with Gasteiger partial charge in [-0.3, -0.25) is 0 Å². The first kappa shape index (κ1) is 16.4. The number of para-hydroxylation sites is 2. The fourth-order valence-electron chi connectivity index (χ4n) is 1.90. The molecule has 0 radical (unpaired) electrons. The van der Waals surface area contributed by atoms with Gasteiger partial charge in [0.25, 0.3) is 0 Å². The predicted octanol–water partition coefficient (Wildman–Crippen LogP) is 4.21. The smallest absolute Gasteiger partial charge is 0.338 e. The Morgan fingerprint density at radius 1 is 1.14 bits per heavy atom. The molecule has 0 heterocycles. The van der Waals surface area contributed by atoms with Gasteiger partial charge >= 0.3 is 5.97 Å². The first-order chi connectivity index (χ1) is 10.7. The maximum absolute atomic E-state index is 11.7. The summed E-state index contributed by atoms with van der Waals surface area (Å²) in [4.78, 5) is 11.7. The maximum Gasteiger partial charge on any atom is 0.338 e. The van der Waals surface area contributed by atoms with E-state index < -0.39 is 0 Å². The lowest BCUT2D eigenvalue weighted by Gasteiger charge is -2.12. The number of benzene rings is 2. The van der Waals surface area contributed by atoms with Crippen LogP contribution in [0, 0.1) is 0 Å². The highest BCUT2D eigenvalue weighted by Crippen LogP contribution is 2.28. The lowest BCUT2D eigenvalue weighted by molar-refractivity contribution is 0.0526. The SMILES string of the molecule is CCOC(=O)c1ccc(COc2ccccc2OC)c(Br)c1. The summed E-state index contributed by atoms with van der Waals surface area (Å²) >= 11 is 3.46. The number of rotatable bonds is 6. The summed E-state index contributed by atoms with van der Waals surface area (Å²) in [5.74, 6) is 1.02. The van der Waals surface area contributed by atoms with E-state index in [1.165, 1.54) is 0 Å². The minimum absolute atomic E-state index is 0.333. The Hall–Kier alpha value is -2.01. The summed E-state index contributed by atoms with van der Waals surface area (Å²) in [6, 6.07) is 12.8. The minimum atomic E-state index is -0.333. The van der Waals surface area contributed by atoms with Gasteiger partial charge in [0, 0.05) is 10.0 Å². The molecule has 22 heavy (non-hydrogen) atoms. The molecule has 0 aliphatic rings. The molecule has 0 unspecified atom stereocenters. The number of halogens is 1. The van der Waals surface area contributed by atoms with Crippen LogP contribution in [0.1, 0.15) is 22.8 Å². The second-order valence-corrected chi connectivity index (χ2v) is 5.32. The normalized spacial score (nSPS) is 10.1. The zero-order chi connectivity index (χ0) is 15.9. The first-order valence-electron chi connectivity index (χ1n) is 6.87. The Morgan fingerprint density at radius 3 is 2.50 bits per heavy atom. The number of hydrogen-bond acceptors (Lipinski definition) is 4. The molecule has 0 spiro atoms. The molecular weight excluding hydrogens is 348 g/mol. The van der Waals surface area contributed by atoms with Crippen molar-refractivity contribution in [3.05, 3.63) is 58.1 Å². The van der Waals surface area contributed by atoms with Gasteiger partial charge in [-0.05, 0) is 31.2 Å². The molecule has 2 aromatic rings. The van der Waals surface area contributed by atoms with Crippen LogP contribution in [-0.4, -0.2) is 19.7 Å². The fraction of sp³-hybridized carbons (Fsp3) is 0.235. The molecule has 0 saturated heterocycles. The molecular formula is C17H17BrO4. The van der Waals surface area contributed by atoms with E-state index in [1.54, 1.807) is 26.2 Å². The third kappa shape index (κ3) is 4.01. The molecule has 0 aromatic heterocycles. The van der Waals surface area contributed by atoms with Crippen molar-refractivity contribution in [3.8, 4) is 11.5 Å². The van der Waals surface area contributed by atoms with Crippen LogP contribution in [0.2, 0.25) is 0 Å². The summed E-state index contributed by atoms with van der Waals surface area (Å²) in [6.07, 6.45) is 0. The van der Waals surface area contributed by atoms with Crippen molar-refractivity contribution in [1.29, 1.82) is 0 Å². The predicted molar refractivity (Wildman–Crippen MR) is 87.4 cm³/mol. The highest BCUT2D eigenvalue weighted by molar-refractivity contribution is 9.10. The van der Waals surface area contributed by atoms with E-state index in [1.807, 2.05) is 30.3 Å². The molecule has 4 nitrogen and oxygen atoms in total. The highest BCUT2D eigenvalue weighted by Gasteiger charge is 2.10. The van der Waals surface area contributed by atoms with Crippen molar-refractivity contribution in [2.75, 3.05) is 13.7 Å². The molecule has 0 amide bonds. The number of hydrogen-bond donors (Lipinski definition) is 0. The van der Waals surface area contributed by atoms with Crippen LogP contribution in [0.3, 0.4) is 0 Å². The van der Waals surface area contributed by atoms with E-state index in [4.69, 9.17) is 14.2 Å². The van der Waals surface area contributed by atoms with Crippen LogP contribution < -0.4 is 9.47 Å². The molecule has 116 valence electrons. The van der Waals surface area contributed by atoms with E-state index in [0.29, 0.717) is 30.3 Å². The summed E-state index contributed by atoms with van der Waals surface area (Å²) < 4.78 is 16.8. The van der Waals surface area contributed by atoms with E-state index in [2.05, 4.69) is 15.9 Å². The van der Waals surface area contributed by atoms with Crippen molar-refractivity contribution in [3.63, 3.8) is 0 Å². The molecule has 0 bridgehead atoms. The van der Waals surface area contributed by atoms with Gasteiger partial charge in [-0.2, -0.15) is 0 Å². The van der Waals surface area contributed by atoms with Crippen LogP contribution in [0.4, 0.5) is 0 Å². The summed E-state index contributed by atoms with van der Waals surface area (Å²) in [5, 5.41) is 0. The summed E-state index contributed by atoms with van der Waals surface area (Å²) in [7, 11) is 1.60. The van der Waals surface area contributed by atoms with E-state index >= 15 is 0 Å². The Kier molecular flexibility index (Phi) is 5.83. The second-order valence-electron chi connectivity index (χ2n) is 4.47. The number of esters is 1. The van der Waals surface area contributed by atoms with Gasteiger partial charge in [0.2, 0.25) is 0 Å². The third-order valence-electron chi connectivity index (χ3n) is 3.02. The van der Waals surface area contributed by atoms with Crippen molar-refractivity contribution >= 4 is 21.9 Å². The van der Waals surface area contributed by atoms with Gasteiger partial charge in [0.15, 0.2) is 11.5 Å². The number of ether oxygens (including phenoxy) is 3. The number of carbonyl (C=O) groups is 1. The lowest BCUT2D eigenvalue weighted by Crippen LogP contribution is -2.05. The van der Waals surface area contributed by atoms with E-state index in [-0.39, 0.29) is 5.97 Å². The van der Waals surface area contributed by atoms with Gasteiger partial charge in [-0.25, -0.2) is 4.79 Å². The van der Waals surface area contributed by atoms with Gasteiger partial charge in [0.05, 0.1) is 19.3 Å². The quantitative estimate of drug-likeness (QED) is 0.720. The highest BCUT2D eigenvalue weighted by atomic mass is 79.9. The zero-order valence-corrected chi connectivity index (χ0v) is 14.1. The average molecular weight is 365 g/mol. The van der Waals surface area contributed by atoms with Gasteiger partial charge in [-0.1, -0.05) is 34.1 Å². The van der Waals surface area contributed by atoms with E-state index in [9.17, 15) is 4.79 Å². The standard InChI is InChI=1S/C17H17BrO4/c1-3-21-17(19)12-8-9-13(14(18)10-12)11-22-16-7-5-4-6-15(16)20-2/h4-10H,3,11H2,1-2H3. The van der Waals surface area contributed by atoms with Gasteiger partial charge in [-0.15, -0.1) is 0 Å². The zero-order valence-electron chi connectivity index (χ0n) is 12.5. The largest absolute Gasteiger partial charge is 0.493 e. The maximum atomic E-state index is 11.7. The van der Waals surface area contributed by atoms with Crippen LogP contribution >= 0.6 is 15.9 Å². The summed E-state index contributed by atoms with van der Waals surface area (Å²) in [6.45, 7) is 2.50. The van der Waals surface area contributed by atoms with Crippen molar-refractivity contribution in [1.82, 2.24) is 0 Å². The lowest BCUT2D eigenvalue weighted by atomic mass is 10.1. The molecule has 0 saturated carbocycles. The number of methoxy groups -OCH3 is 1. The van der Waals surface area contributed by atoms with E-state index in [0.717, 1.165) is 10.0 Å². The Balaban J connectivity index is 2.09. The monoisotopic (exact) mass is 364 g/mol. The number of carbonyl (C=O) groups excluding carboxylic acids is 1. The Labute approximate surface area is 138 Å². The Morgan fingerprint density at radius 2 is 1.86 bits per heavy atom. The molecule has 0 aliphatic carbocycles. The van der Waals surface area contributed by atoms with Gasteiger partial charge in [0.1, 0.15) is 6.61 Å². The fourth-order valence-corrected chi connectivity index (χ4v) is 2.39. The van der Waals surface area contributed by atoms with Crippen LogP contribution in [0.15, 0.2) is 46.9 Å².